The zero-order valence-corrected chi connectivity index (χ0v) is 13.8. The van der Waals surface area contributed by atoms with Crippen molar-refractivity contribution in [1.82, 2.24) is 20.2 Å². The second-order valence-corrected chi connectivity index (χ2v) is 6.07. The highest BCUT2D eigenvalue weighted by Crippen LogP contribution is 2.31. The lowest BCUT2D eigenvalue weighted by Gasteiger charge is -2.11. The SMILES string of the molecule is CC[C@@H](c1ccccc1)c1nnc(NC(=O)c2nccnc2N)s1. The van der Waals surface area contributed by atoms with Gasteiger partial charge in [-0.3, -0.25) is 10.1 Å². The van der Waals surface area contributed by atoms with E-state index >= 15 is 0 Å². The lowest BCUT2D eigenvalue weighted by Crippen LogP contribution is -2.16. The minimum Gasteiger partial charge on any atom is -0.382 e. The Labute approximate surface area is 143 Å². The van der Waals surface area contributed by atoms with Gasteiger partial charge in [0.2, 0.25) is 5.13 Å². The van der Waals surface area contributed by atoms with E-state index in [2.05, 4.69) is 44.5 Å². The number of hydrogen-bond acceptors (Lipinski definition) is 7. The van der Waals surface area contributed by atoms with Crippen molar-refractivity contribution in [3.8, 4) is 0 Å². The number of nitrogens with zero attached hydrogens (tertiary/aromatic N) is 4. The molecule has 0 saturated carbocycles. The first kappa shape index (κ1) is 16.0. The first-order valence-corrected chi connectivity index (χ1v) is 8.27. The van der Waals surface area contributed by atoms with Crippen molar-refractivity contribution >= 4 is 28.2 Å². The van der Waals surface area contributed by atoms with Crippen molar-refractivity contribution in [3.63, 3.8) is 0 Å². The Hall–Kier alpha value is -2.87. The Morgan fingerprint density at radius 3 is 2.67 bits per heavy atom. The highest BCUT2D eigenvalue weighted by Gasteiger charge is 2.19. The van der Waals surface area contributed by atoms with E-state index in [1.54, 1.807) is 0 Å². The van der Waals surface area contributed by atoms with Crippen LogP contribution in [0.25, 0.3) is 0 Å². The highest BCUT2D eigenvalue weighted by molar-refractivity contribution is 7.15. The number of rotatable bonds is 5. The third kappa shape index (κ3) is 3.38. The summed E-state index contributed by atoms with van der Waals surface area (Å²) < 4.78 is 0. The van der Waals surface area contributed by atoms with Gasteiger partial charge in [-0.1, -0.05) is 48.6 Å². The zero-order valence-electron chi connectivity index (χ0n) is 13.0. The molecule has 3 aromatic rings. The van der Waals surface area contributed by atoms with E-state index in [1.165, 1.54) is 29.3 Å². The van der Waals surface area contributed by atoms with Crippen LogP contribution in [0.4, 0.5) is 10.9 Å². The summed E-state index contributed by atoms with van der Waals surface area (Å²) in [5.74, 6) is -0.220. The summed E-state index contributed by atoms with van der Waals surface area (Å²) >= 11 is 1.35. The van der Waals surface area contributed by atoms with Gasteiger partial charge in [-0.2, -0.15) is 0 Å². The normalized spacial score (nSPS) is 11.9. The summed E-state index contributed by atoms with van der Waals surface area (Å²) in [6.07, 6.45) is 3.74. The molecule has 3 N–H and O–H groups in total. The average molecular weight is 340 g/mol. The monoisotopic (exact) mass is 340 g/mol. The van der Waals surface area contributed by atoms with Crippen LogP contribution in [0.15, 0.2) is 42.7 Å². The molecule has 0 spiro atoms. The lowest BCUT2D eigenvalue weighted by atomic mass is 9.97. The minimum absolute atomic E-state index is 0.0735. The molecule has 0 radical (unpaired) electrons. The van der Waals surface area contributed by atoms with E-state index < -0.39 is 5.91 Å². The van der Waals surface area contributed by atoms with Gasteiger partial charge in [0.25, 0.3) is 5.91 Å². The van der Waals surface area contributed by atoms with Gasteiger partial charge in [0.05, 0.1) is 0 Å². The van der Waals surface area contributed by atoms with Gasteiger partial charge in [-0.05, 0) is 12.0 Å². The van der Waals surface area contributed by atoms with Crippen LogP contribution in [0.1, 0.15) is 40.3 Å². The molecule has 3 rings (SSSR count). The molecule has 0 saturated heterocycles. The van der Waals surface area contributed by atoms with Crippen LogP contribution in [-0.2, 0) is 0 Å². The third-order valence-electron chi connectivity index (χ3n) is 3.51. The number of amides is 1. The smallest absolute Gasteiger partial charge is 0.279 e. The van der Waals surface area contributed by atoms with Crippen molar-refractivity contribution in [1.29, 1.82) is 0 Å². The van der Waals surface area contributed by atoms with E-state index in [4.69, 9.17) is 5.73 Å². The maximum Gasteiger partial charge on any atom is 0.279 e. The maximum atomic E-state index is 12.2. The third-order valence-corrected chi connectivity index (χ3v) is 4.46. The van der Waals surface area contributed by atoms with Gasteiger partial charge in [-0.25, -0.2) is 9.97 Å². The second-order valence-electron chi connectivity index (χ2n) is 5.06. The summed E-state index contributed by atoms with van der Waals surface area (Å²) in [6, 6.07) is 10.1. The number of nitrogens with two attached hydrogens (primary N) is 1. The number of hydrogen-bond donors (Lipinski definition) is 2. The van der Waals surface area contributed by atoms with Crippen LogP contribution in [0.5, 0.6) is 0 Å². The summed E-state index contributed by atoms with van der Waals surface area (Å²) in [5, 5.41) is 12.2. The Morgan fingerprint density at radius 2 is 1.96 bits per heavy atom. The summed E-state index contributed by atoms with van der Waals surface area (Å²) in [6.45, 7) is 2.09. The summed E-state index contributed by atoms with van der Waals surface area (Å²) in [7, 11) is 0. The van der Waals surface area contributed by atoms with Crippen molar-refractivity contribution in [2.75, 3.05) is 11.1 Å². The zero-order chi connectivity index (χ0) is 16.9. The molecular formula is C16H16N6OS. The topological polar surface area (TPSA) is 107 Å². The van der Waals surface area contributed by atoms with Gasteiger partial charge in [-0.15, -0.1) is 10.2 Å². The Bertz CT molecular complexity index is 835. The lowest BCUT2D eigenvalue weighted by molar-refractivity contribution is 0.102. The molecule has 2 aromatic heterocycles. The highest BCUT2D eigenvalue weighted by atomic mass is 32.1. The molecule has 1 aromatic carbocycles. The maximum absolute atomic E-state index is 12.2. The van der Waals surface area contributed by atoms with Gasteiger partial charge < -0.3 is 5.73 Å². The molecule has 0 bridgehead atoms. The molecule has 0 aliphatic heterocycles. The summed E-state index contributed by atoms with van der Waals surface area (Å²) in [4.78, 5) is 20.0. The number of anilines is 2. The van der Waals surface area contributed by atoms with Crippen LogP contribution < -0.4 is 11.1 Å². The molecule has 0 fully saturated rings. The molecular weight excluding hydrogens is 324 g/mol. The molecule has 24 heavy (non-hydrogen) atoms. The van der Waals surface area contributed by atoms with E-state index in [9.17, 15) is 4.79 Å². The minimum atomic E-state index is -0.448. The first-order chi connectivity index (χ1) is 11.7. The van der Waals surface area contributed by atoms with Crippen molar-refractivity contribution < 1.29 is 4.79 Å². The van der Waals surface area contributed by atoms with E-state index in [0.717, 1.165) is 11.4 Å². The number of carbonyl (C=O) groups excluding carboxylic acids is 1. The number of nitrogens with one attached hydrogen (secondary N) is 1. The molecule has 8 heteroatoms. The fourth-order valence-electron chi connectivity index (χ4n) is 2.34. The number of nitrogen functional groups attached to an aromatic ring is 1. The van der Waals surface area contributed by atoms with Crippen LogP contribution >= 0.6 is 11.3 Å². The second kappa shape index (κ2) is 7.14. The quantitative estimate of drug-likeness (QED) is 0.739. The van der Waals surface area contributed by atoms with Gasteiger partial charge in [0.1, 0.15) is 5.01 Å². The van der Waals surface area contributed by atoms with Crippen molar-refractivity contribution in [3.05, 3.63) is 59.0 Å². The van der Waals surface area contributed by atoms with E-state index in [0.29, 0.717) is 5.13 Å². The fourth-order valence-corrected chi connectivity index (χ4v) is 3.29. The molecule has 1 atom stereocenters. The predicted octanol–water partition coefficient (Wildman–Crippen LogP) is 2.70. The van der Waals surface area contributed by atoms with E-state index in [1.807, 2.05) is 18.2 Å². The van der Waals surface area contributed by atoms with Gasteiger partial charge >= 0.3 is 0 Å². The van der Waals surface area contributed by atoms with Crippen LogP contribution in [0, 0.1) is 0 Å². The molecule has 2 heterocycles. The number of carbonyl (C=O) groups is 1. The van der Waals surface area contributed by atoms with Crippen LogP contribution in [0.3, 0.4) is 0 Å². The standard InChI is InChI=1S/C16H16N6OS/c1-2-11(10-6-4-3-5-7-10)15-21-22-16(24-15)20-14(23)12-13(17)19-9-8-18-12/h3-9,11H,2H2,1H3,(H2,17,19)(H,20,22,23)/t11-/m0/s1. The Kier molecular flexibility index (Phi) is 4.76. The summed E-state index contributed by atoms with van der Waals surface area (Å²) in [5.41, 5.74) is 6.91. The van der Waals surface area contributed by atoms with Crippen molar-refractivity contribution in [2.45, 2.75) is 19.3 Å². The van der Waals surface area contributed by atoms with Crippen molar-refractivity contribution in [2.24, 2.45) is 0 Å². The van der Waals surface area contributed by atoms with Gasteiger partial charge in [0, 0.05) is 18.3 Å². The largest absolute Gasteiger partial charge is 0.382 e. The Morgan fingerprint density at radius 1 is 1.21 bits per heavy atom. The predicted molar refractivity (Wildman–Crippen MR) is 92.9 cm³/mol. The molecule has 1 amide bonds. The molecule has 0 aliphatic carbocycles. The van der Waals surface area contributed by atoms with Crippen LogP contribution in [0.2, 0.25) is 0 Å². The fraction of sp³-hybridized carbons (Fsp3) is 0.188. The number of aromatic nitrogens is 4. The first-order valence-electron chi connectivity index (χ1n) is 7.45. The molecule has 7 nitrogen and oxygen atoms in total. The van der Waals surface area contributed by atoms with E-state index in [-0.39, 0.29) is 17.4 Å². The average Bonchev–Trinajstić information content (AvgIpc) is 3.05. The number of benzene rings is 1. The molecule has 122 valence electrons. The molecule has 0 unspecified atom stereocenters. The van der Waals surface area contributed by atoms with Crippen LogP contribution in [-0.4, -0.2) is 26.1 Å². The van der Waals surface area contributed by atoms with Gasteiger partial charge in [0.15, 0.2) is 11.5 Å². The Balaban J connectivity index is 1.78. The molecule has 0 aliphatic rings.